The molecule has 2 heterocycles. The predicted octanol–water partition coefficient (Wildman–Crippen LogP) is 4.29. The van der Waals surface area contributed by atoms with Gasteiger partial charge in [0.2, 0.25) is 5.91 Å². The number of nitrogens with one attached hydrogen (secondary N) is 1. The molecule has 2 aromatic rings. The van der Waals surface area contributed by atoms with E-state index in [1.807, 2.05) is 24.3 Å². The fourth-order valence-corrected chi connectivity index (χ4v) is 4.17. The van der Waals surface area contributed by atoms with E-state index in [0.717, 1.165) is 18.7 Å². The van der Waals surface area contributed by atoms with Gasteiger partial charge in [-0.2, -0.15) is 0 Å². The molecule has 5 heteroatoms. The quantitative estimate of drug-likeness (QED) is 0.831. The van der Waals surface area contributed by atoms with Gasteiger partial charge in [-0.3, -0.25) is 9.69 Å². The third-order valence-electron chi connectivity index (χ3n) is 4.47. The molecule has 3 nitrogen and oxygen atoms in total. The van der Waals surface area contributed by atoms with Crippen molar-refractivity contribution in [3.63, 3.8) is 0 Å². The molecule has 0 bridgehead atoms. The first-order valence-corrected chi connectivity index (χ1v) is 9.77. The van der Waals surface area contributed by atoms with Gasteiger partial charge in [-0.25, -0.2) is 0 Å². The van der Waals surface area contributed by atoms with Gasteiger partial charge in [0.05, 0.1) is 12.5 Å². The summed E-state index contributed by atoms with van der Waals surface area (Å²) in [5.74, 6) is 0.0656. The molecule has 0 saturated carbocycles. The summed E-state index contributed by atoms with van der Waals surface area (Å²) in [7, 11) is 0. The Hall–Kier alpha value is -1.36. The number of amides is 1. The average Bonchev–Trinajstić information content (AvgIpc) is 3.12. The van der Waals surface area contributed by atoms with Crippen LogP contribution in [0.1, 0.15) is 35.7 Å². The third kappa shape index (κ3) is 4.82. The highest BCUT2D eigenvalue weighted by Crippen LogP contribution is 2.27. The molecule has 1 atom stereocenters. The summed E-state index contributed by atoms with van der Waals surface area (Å²) in [5.41, 5.74) is 0.988. The van der Waals surface area contributed by atoms with E-state index in [-0.39, 0.29) is 5.91 Å². The molecule has 1 saturated heterocycles. The third-order valence-corrected chi connectivity index (χ3v) is 5.70. The van der Waals surface area contributed by atoms with Crippen LogP contribution >= 0.6 is 22.9 Å². The molecule has 24 heavy (non-hydrogen) atoms. The van der Waals surface area contributed by atoms with Gasteiger partial charge in [0, 0.05) is 16.4 Å². The Labute approximate surface area is 152 Å². The highest BCUT2D eigenvalue weighted by molar-refractivity contribution is 7.10. The molecule has 3 rings (SSSR count). The lowest BCUT2D eigenvalue weighted by Crippen LogP contribution is -2.40. The Balaban J connectivity index is 1.58. The highest BCUT2D eigenvalue weighted by Gasteiger charge is 2.23. The van der Waals surface area contributed by atoms with Gasteiger partial charge in [0.15, 0.2) is 0 Å². The van der Waals surface area contributed by atoms with Crippen LogP contribution in [0.4, 0.5) is 0 Å². The smallest absolute Gasteiger partial charge is 0.224 e. The van der Waals surface area contributed by atoms with Crippen LogP contribution in [0.3, 0.4) is 0 Å². The van der Waals surface area contributed by atoms with Crippen LogP contribution in [0.5, 0.6) is 0 Å². The number of halogens is 1. The summed E-state index contributed by atoms with van der Waals surface area (Å²) in [6.45, 7) is 2.91. The van der Waals surface area contributed by atoms with Crippen molar-refractivity contribution in [2.45, 2.75) is 31.7 Å². The van der Waals surface area contributed by atoms with Crippen LogP contribution in [0.25, 0.3) is 0 Å². The van der Waals surface area contributed by atoms with Crippen LogP contribution in [0.2, 0.25) is 5.02 Å². The van der Waals surface area contributed by atoms with E-state index < -0.39 is 0 Å². The Morgan fingerprint density at radius 2 is 1.92 bits per heavy atom. The fourth-order valence-electron chi connectivity index (χ4n) is 3.18. The maximum atomic E-state index is 12.3. The van der Waals surface area contributed by atoms with Crippen molar-refractivity contribution in [1.82, 2.24) is 10.2 Å². The molecule has 1 aromatic heterocycles. The number of carbonyl (C=O) groups is 1. The first-order chi connectivity index (χ1) is 11.7. The summed E-state index contributed by atoms with van der Waals surface area (Å²) in [5, 5.41) is 5.93. The molecule has 0 radical (unpaired) electrons. The number of hydrogen-bond acceptors (Lipinski definition) is 3. The number of rotatable bonds is 6. The number of carbonyl (C=O) groups excluding carboxylic acids is 1. The molecule has 1 amide bonds. The fraction of sp³-hybridized carbons (Fsp3) is 0.421. The van der Waals surface area contributed by atoms with E-state index in [1.165, 1.54) is 24.1 Å². The van der Waals surface area contributed by atoms with Crippen LogP contribution in [0.15, 0.2) is 41.8 Å². The van der Waals surface area contributed by atoms with Crippen molar-refractivity contribution in [2.24, 2.45) is 0 Å². The zero-order valence-electron chi connectivity index (χ0n) is 13.7. The maximum Gasteiger partial charge on any atom is 0.224 e. The summed E-state index contributed by atoms with van der Waals surface area (Å²) < 4.78 is 0. The zero-order valence-corrected chi connectivity index (χ0v) is 15.3. The van der Waals surface area contributed by atoms with Gasteiger partial charge in [-0.1, -0.05) is 36.2 Å². The van der Waals surface area contributed by atoms with Crippen molar-refractivity contribution < 1.29 is 4.79 Å². The van der Waals surface area contributed by atoms with E-state index >= 15 is 0 Å². The molecule has 128 valence electrons. The second-order valence-electron chi connectivity index (χ2n) is 6.24. The number of hydrogen-bond donors (Lipinski definition) is 1. The largest absolute Gasteiger partial charge is 0.354 e. The number of likely N-dealkylation sites (tertiary alicyclic amines) is 1. The maximum absolute atomic E-state index is 12.3. The lowest BCUT2D eigenvalue weighted by molar-refractivity contribution is -0.120. The van der Waals surface area contributed by atoms with E-state index in [2.05, 4.69) is 27.7 Å². The minimum absolute atomic E-state index is 0.0656. The molecule has 1 N–H and O–H groups in total. The van der Waals surface area contributed by atoms with Gasteiger partial charge in [-0.15, -0.1) is 11.3 Å². The SMILES string of the molecule is O=C(Cc1ccc(Cl)cc1)NC[C@@H](c1cccs1)N1CCCCC1. The van der Waals surface area contributed by atoms with E-state index in [4.69, 9.17) is 11.6 Å². The second kappa shape index (κ2) is 8.65. The van der Waals surface area contributed by atoms with E-state index in [0.29, 0.717) is 24.0 Å². The molecule has 0 unspecified atom stereocenters. The van der Waals surface area contributed by atoms with Crippen molar-refractivity contribution in [3.8, 4) is 0 Å². The molecule has 1 aromatic carbocycles. The predicted molar refractivity (Wildman–Crippen MR) is 101 cm³/mol. The van der Waals surface area contributed by atoms with Crippen molar-refractivity contribution in [1.29, 1.82) is 0 Å². The minimum atomic E-state index is 0.0656. The lowest BCUT2D eigenvalue weighted by atomic mass is 10.1. The van der Waals surface area contributed by atoms with Crippen LogP contribution in [0, 0.1) is 0 Å². The Bertz CT molecular complexity index is 636. The van der Waals surface area contributed by atoms with Gasteiger partial charge in [-0.05, 0) is 55.1 Å². The molecule has 1 aliphatic rings. The Morgan fingerprint density at radius 3 is 2.58 bits per heavy atom. The van der Waals surface area contributed by atoms with E-state index in [9.17, 15) is 4.79 Å². The standard InChI is InChI=1S/C19H23ClN2OS/c20-16-8-6-15(7-9-16)13-19(23)21-14-17(18-5-4-12-24-18)22-10-2-1-3-11-22/h4-9,12,17H,1-3,10-11,13-14H2,(H,21,23)/t17-/m0/s1. The Kier molecular flexibility index (Phi) is 6.30. The van der Waals surface area contributed by atoms with Gasteiger partial charge < -0.3 is 5.32 Å². The Morgan fingerprint density at radius 1 is 1.17 bits per heavy atom. The summed E-state index contributed by atoms with van der Waals surface area (Å²) in [6.07, 6.45) is 4.21. The van der Waals surface area contributed by atoms with Crippen LogP contribution in [-0.4, -0.2) is 30.4 Å². The monoisotopic (exact) mass is 362 g/mol. The molecule has 1 fully saturated rings. The number of piperidine rings is 1. The normalized spacial score (nSPS) is 16.7. The topological polar surface area (TPSA) is 32.3 Å². The van der Waals surface area contributed by atoms with Crippen LogP contribution in [-0.2, 0) is 11.2 Å². The van der Waals surface area contributed by atoms with Crippen molar-refractivity contribution >= 4 is 28.8 Å². The van der Waals surface area contributed by atoms with Gasteiger partial charge >= 0.3 is 0 Å². The van der Waals surface area contributed by atoms with Crippen molar-refractivity contribution in [3.05, 3.63) is 57.2 Å². The molecular weight excluding hydrogens is 340 g/mol. The van der Waals surface area contributed by atoms with E-state index in [1.54, 1.807) is 11.3 Å². The number of nitrogens with zero attached hydrogens (tertiary/aromatic N) is 1. The first-order valence-electron chi connectivity index (χ1n) is 8.51. The lowest BCUT2D eigenvalue weighted by Gasteiger charge is -2.34. The number of benzene rings is 1. The first kappa shape index (κ1) is 17.5. The van der Waals surface area contributed by atoms with Crippen molar-refractivity contribution in [2.75, 3.05) is 19.6 Å². The molecule has 0 spiro atoms. The molecule has 0 aliphatic carbocycles. The minimum Gasteiger partial charge on any atom is -0.354 e. The summed E-state index contributed by atoms with van der Waals surface area (Å²) in [4.78, 5) is 16.1. The summed E-state index contributed by atoms with van der Waals surface area (Å²) in [6, 6.07) is 12.0. The second-order valence-corrected chi connectivity index (χ2v) is 7.65. The molecule has 1 aliphatic heterocycles. The van der Waals surface area contributed by atoms with Gasteiger partial charge in [0.25, 0.3) is 0 Å². The van der Waals surface area contributed by atoms with Gasteiger partial charge in [0.1, 0.15) is 0 Å². The average molecular weight is 363 g/mol. The zero-order chi connectivity index (χ0) is 16.8. The van der Waals surface area contributed by atoms with Crippen LogP contribution < -0.4 is 5.32 Å². The summed E-state index contributed by atoms with van der Waals surface area (Å²) >= 11 is 7.66. The highest BCUT2D eigenvalue weighted by atomic mass is 35.5. The number of thiophene rings is 1. The molecular formula is C19H23ClN2OS.